The van der Waals surface area contributed by atoms with Crippen LogP contribution in [-0.2, 0) is 22.5 Å². The number of aromatic nitrogens is 1. The van der Waals surface area contributed by atoms with Gasteiger partial charge in [0, 0.05) is 50.6 Å². The highest BCUT2D eigenvalue weighted by molar-refractivity contribution is 6.02. The number of ether oxygens (including phenoxy) is 1. The number of fused-ring (bicyclic) bond motifs is 6. The first-order chi connectivity index (χ1) is 16.1. The number of carbonyl (C=O) groups excluding carboxylic acids is 2. The second-order valence-corrected chi connectivity index (χ2v) is 9.03. The Balaban J connectivity index is 1.42. The van der Waals surface area contributed by atoms with Crippen molar-refractivity contribution in [1.29, 1.82) is 0 Å². The second-order valence-electron chi connectivity index (χ2n) is 9.03. The Kier molecular flexibility index (Phi) is 4.87. The van der Waals surface area contributed by atoms with Crippen LogP contribution in [0, 0.1) is 0 Å². The molecule has 1 saturated heterocycles. The van der Waals surface area contributed by atoms with E-state index in [0.29, 0.717) is 45.8 Å². The van der Waals surface area contributed by atoms with E-state index in [0.717, 1.165) is 28.9 Å². The topological polar surface area (TPSA) is 58.0 Å². The van der Waals surface area contributed by atoms with Crippen molar-refractivity contribution in [2.24, 2.45) is 0 Å². The number of aryl methyl sites for hydroxylation is 1. The van der Waals surface area contributed by atoms with Crippen LogP contribution in [0.25, 0.3) is 10.9 Å². The molecule has 7 nitrogen and oxygen atoms in total. The van der Waals surface area contributed by atoms with E-state index in [1.165, 1.54) is 10.9 Å². The summed E-state index contributed by atoms with van der Waals surface area (Å²) in [5.74, 6) is 0.247. The maximum absolute atomic E-state index is 13.4. The minimum Gasteiger partial charge on any atom is -0.378 e. The largest absolute Gasteiger partial charge is 0.378 e. The lowest BCUT2D eigenvalue weighted by atomic mass is 9.96. The molecule has 1 unspecified atom stereocenters. The summed E-state index contributed by atoms with van der Waals surface area (Å²) in [4.78, 5) is 32.5. The van der Waals surface area contributed by atoms with Gasteiger partial charge in [0.05, 0.1) is 30.2 Å². The van der Waals surface area contributed by atoms with Crippen LogP contribution in [-0.4, -0.2) is 66.1 Å². The average Bonchev–Trinajstić information content (AvgIpc) is 3.19. The van der Waals surface area contributed by atoms with Gasteiger partial charge < -0.3 is 24.0 Å². The Labute approximate surface area is 193 Å². The lowest BCUT2D eigenvalue weighted by Crippen LogP contribution is -2.51. The molecule has 33 heavy (non-hydrogen) atoms. The zero-order valence-corrected chi connectivity index (χ0v) is 18.9. The molecule has 2 amide bonds. The van der Waals surface area contributed by atoms with Gasteiger partial charge in [-0.3, -0.25) is 9.59 Å². The summed E-state index contributed by atoms with van der Waals surface area (Å²) >= 11 is 0. The number of carbonyl (C=O) groups is 2. The van der Waals surface area contributed by atoms with Gasteiger partial charge in [-0.15, -0.1) is 0 Å². The standard InChI is InChI=1S/C26H28N4O3/c1-27-21-8-4-3-7-20(21)26(32)30-12-10-19-18-6-2-5-9-22(18)29(24(19)25(27)30)13-11-23(31)28-14-16-33-17-15-28/h2-9,25H,10-17H2,1H3. The van der Waals surface area contributed by atoms with E-state index in [1.54, 1.807) is 0 Å². The predicted molar refractivity (Wildman–Crippen MR) is 126 cm³/mol. The smallest absolute Gasteiger partial charge is 0.257 e. The summed E-state index contributed by atoms with van der Waals surface area (Å²) in [6, 6.07) is 16.3. The molecule has 0 aliphatic carbocycles. The first kappa shape index (κ1) is 20.3. The molecule has 3 aliphatic rings. The third kappa shape index (κ3) is 3.14. The first-order valence-electron chi connectivity index (χ1n) is 11.7. The molecule has 0 bridgehead atoms. The highest BCUT2D eigenvalue weighted by Gasteiger charge is 2.42. The molecule has 0 N–H and O–H groups in total. The Bertz CT molecular complexity index is 1240. The summed E-state index contributed by atoms with van der Waals surface area (Å²) in [6.07, 6.45) is 1.08. The fraction of sp³-hybridized carbons (Fsp3) is 0.385. The summed E-state index contributed by atoms with van der Waals surface area (Å²) in [5.41, 5.74) is 5.29. The molecule has 3 aromatic rings. The van der Waals surface area contributed by atoms with E-state index in [9.17, 15) is 9.59 Å². The van der Waals surface area contributed by atoms with Crippen molar-refractivity contribution in [2.45, 2.75) is 25.6 Å². The summed E-state index contributed by atoms with van der Waals surface area (Å²) in [6.45, 7) is 3.82. The van der Waals surface area contributed by atoms with Gasteiger partial charge in [-0.1, -0.05) is 30.3 Å². The van der Waals surface area contributed by atoms with Gasteiger partial charge in [-0.05, 0) is 30.2 Å². The minimum atomic E-state index is -0.179. The average molecular weight is 445 g/mol. The van der Waals surface area contributed by atoms with Gasteiger partial charge in [0.15, 0.2) is 0 Å². The van der Waals surface area contributed by atoms with Gasteiger partial charge in [0.25, 0.3) is 5.91 Å². The van der Waals surface area contributed by atoms with Gasteiger partial charge in [0.1, 0.15) is 6.17 Å². The molecule has 0 spiro atoms. The Morgan fingerprint density at radius 3 is 2.64 bits per heavy atom. The van der Waals surface area contributed by atoms with Crippen LogP contribution in [0.5, 0.6) is 0 Å². The Morgan fingerprint density at radius 1 is 1.03 bits per heavy atom. The molecular formula is C26H28N4O3. The Morgan fingerprint density at radius 2 is 1.79 bits per heavy atom. The lowest BCUT2D eigenvalue weighted by Gasteiger charge is -2.46. The number of nitrogens with zero attached hydrogens (tertiary/aromatic N) is 4. The number of hydrogen-bond acceptors (Lipinski definition) is 4. The monoisotopic (exact) mass is 444 g/mol. The first-order valence-corrected chi connectivity index (χ1v) is 11.7. The van der Waals surface area contributed by atoms with Crippen molar-refractivity contribution >= 4 is 28.4 Å². The Hall–Kier alpha value is -3.32. The molecular weight excluding hydrogens is 416 g/mol. The van der Waals surface area contributed by atoms with Crippen molar-refractivity contribution in [3.63, 3.8) is 0 Å². The van der Waals surface area contributed by atoms with Crippen molar-refractivity contribution in [3.05, 3.63) is 65.4 Å². The van der Waals surface area contributed by atoms with E-state index >= 15 is 0 Å². The molecule has 1 fully saturated rings. The maximum Gasteiger partial charge on any atom is 0.257 e. The number of rotatable bonds is 3. The molecule has 2 aromatic carbocycles. The zero-order valence-electron chi connectivity index (χ0n) is 18.9. The number of para-hydroxylation sites is 2. The fourth-order valence-corrected chi connectivity index (χ4v) is 5.73. The third-order valence-electron chi connectivity index (χ3n) is 7.32. The van der Waals surface area contributed by atoms with Crippen LogP contribution in [0.4, 0.5) is 5.69 Å². The molecule has 6 rings (SSSR count). The van der Waals surface area contributed by atoms with E-state index in [2.05, 4.69) is 40.8 Å². The van der Waals surface area contributed by atoms with Crippen LogP contribution in [0.15, 0.2) is 48.5 Å². The quantitative estimate of drug-likeness (QED) is 0.623. The van der Waals surface area contributed by atoms with Crippen LogP contribution >= 0.6 is 0 Å². The number of hydrogen-bond donors (Lipinski definition) is 0. The lowest BCUT2D eigenvalue weighted by molar-refractivity contribution is -0.135. The SMILES string of the molecule is CN1c2ccccc2C(=O)N2CCc3c(n(CCC(=O)N4CCOCC4)c4ccccc34)C21. The van der Waals surface area contributed by atoms with Gasteiger partial charge in [0.2, 0.25) is 5.91 Å². The van der Waals surface area contributed by atoms with E-state index in [1.807, 2.05) is 34.1 Å². The van der Waals surface area contributed by atoms with Crippen molar-refractivity contribution < 1.29 is 14.3 Å². The third-order valence-corrected chi connectivity index (χ3v) is 7.32. The highest BCUT2D eigenvalue weighted by Crippen LogP contribution is 2.44. The van der Waals surface area contributed by atoms with Crippen LogP contribution < -0.4 is 4.90 Å². The summed E-state index contributed by atoms with van der Waals surface area (Å²) in [5, 5.41) is 1.23. The highest BCUT2D eigenvalue weighted by atomic mass is 16.5. The van der Waals surface area contributed by atoms with Gasteiger partial charge >= 0.3 is 0 Å². The number of benzene rings is 2. The molecule has 1 atom stereocenters. The molecule has 3 aliphatic heterocycles. The number of amides is 2. The van der Waals surface area contributed by atoms with E-state index in [-0.39, 0.29) is 18.0 Å². The summed E-state index contributed by atoms with van der Waals surface area (Å²) in [7, 11) is 2.07. The minimum absolute atomic E-state index is 0.0838. The fourth-order valence-electron chi connectivity index (χ4n) is 5.73. The molecule has 1 aromatic heterocycles. The van der Waals surface area contributed by atoms with Crippen LogP contribution in [0.2, 0.25) is 0 Å². The van der Waals surface area contributed by atoms with E-state index < -0.39 is 0 Å². The number of morpholine rings is 1. The summed E-state index contributed by atoms with van der Waals surface area (Å²) < 4.78 is 7.69. The maximum atomic E-state index is 13.4. The molecule has 7 heteroatoms. The second kappa shape index (κ2) is 7.92. The zero-order chi connectivity index (χ0) is 22.5. The molecule has 170 valence electrons. The van der Waals surface area contributed by atoms with Gasteiger partial charge in [-0.25, -0.2) is 0 Å². The van der Waals surface area contributed by atoms with Crippen LogP contribution in [0.3, 0.4) is 0 Å². The van der Waals surface area contributed by atoms with Crippen molar-refractivity contribution in [1.82, 2.24) is 14.4 Å². The number of anilines is 1. The van der Waals surface area contributed by atoms with Crippen molar-refractivity contribution in [2.75, 3.05) is 44.8 Å². The predicted octanol–water partition coefficient (Wildman–Crippen LogP) is 3.04. The molecule has 0 saturated carbocycles. The molecule has 0 radical (unpaired) electrons. The van der Waals surface area contributed by atoms with Gasteiger partial charge in [-0.2, -0.15) is 0 Å². The normalized spacial score (nSPS) is 20.0. The van der Waals surface area contributed by atoms with Crippen LogP contribution in [0.1, 0.15) is 34.2 Å². The van der Waals surface area contributed by atoms with E-state index in [4.69, 9.17) is 4.74 Å². The molecule has 4 heterocycles. The van der Waals surface area contributed by atoms with Crippen molar-refractivity contribution in [3.8, 4) is 0 Å².